The summed E-state index contributed by atoms with van der Waals surface area (Å²) in [7, 11) is 4.79. The third-order valence-corrected chi connectivity index (χ3v) is 5.14. The lowest BCUT2D eigenvalue weighted by Gasteiger charge is -2.19. The summed E-state index contributed by atoms with van der Waals surface area (Å²) in [6.07, 6.45) is 1.12. The number of hydrogen-bond donors (Lipinski definition) is 1. The van der Waals surface area contributed by atoms with Gasteiger partial charge in [-0.25, -0.2) is 0 Å². The molecule has 0 bridgehead atoms. The second-order valence-electron chi connectivity index (χ2n) is 6.47. The van der Waals surface area contributed by atoms with E-state index in [1.807, 2.05) is 17.0 Å². The van der Waals surface area contributed by atoms with E-state index in [0.29, 0.717) is 41.9 Å². The molecule has 0 aliphatic carbocycles. The Morgan fingerprint density at radius 1 is 1.08 bits per heavy atom. The Balaban J connectivity index is 0.00000225. The summed E-state index contributed by atoms with van der Waals surface area (Å²) in [6, 6.07) is 3.79. The third-order valence-electron chi connectivity index (χ3n) is 5.14. The summed E-state index contributed by atoms with van der Waals surface area (Å²) in [5.74, 6) is 3.33. The van der Waals surface area contributed by atoms with Gasteiger partial charge in [0.1, 0.15) is 0 Å². The second kappa shape index (κ2) is 8.63. The number of hydrogen-bond acceptors (Lipinski definition) is 5. The molecule has 2 aliphatic heterocycles. The van der Waals surface area contributed by atoms with Crippen molar-refractivity contribution in [1.82, 2.24) is 10.2 Å². The van der Waals surface area contributed by atoms with Crippen LogP contribution in [0.3, 0.4) is 0 Å². The average Bonchev–Trinajstić information content (AvgIpc) is 3.20. The molecule has 0 aromatic heterocycles. The van der Waals surface area contributed by atoms with Crippen LogP contribution >= 0.6 is 12.4 Å². The fourth-order valence-electron chi connectivity index (χ4n) is 3.82. The molecule has 1 N–H and O–H groups in total. The van der Waals surface area contributed by atoms with Gasteiger partial charge in [0.25, 0.3) is 0 Å². The Bertz CT molecular complexity index is 599. The van der Waals surface area contributed by atoms with Gasteiger partial charge in [0.2, 0.25) is 11.7 Å². The number of rotatable bonds is 6. The number of halogens is 1. The van der Waals surface area contributed by atoms with Crippen LogP contribution in [0.1, 0.15) is 12.0 Å². The molecule has 0 unspecified atom stereocenters. The minimum absolute atomic E-state index is 0. The van der Waals surface area contributed by atoms with Crippen molar-refractivity contribution in [1.29, 1.82) is 0 Å². The summed E-state index contributed by atoms with van der Waals surface area (Å²) in [6.45, 7) is 3.86. The SMILES string of the molecule is COc1ccc(CCC(=O)N2C[C@H]3CNC[C@H]3C2)c(OC)c1OC.Cl. The maximum absolute atomic E-state index is 12.5. The molecule has 140 valence electrons. The van der Waals surface area contributed by atoms with E-state index in [4.69, 9.17) is 14.2 Å². The van der Waals surface area contributed by atoms with Gasteiger partial charge in [-0.2, -0.15) is 0 Å². The number of fused-ring (bicyclic) bond motifs is 1. The van der Waals surface area contributed by atoms with Gasteiger partial charge in [-0.1, -0.05) is 6.07 Å². The summed E-state index contributed by atoms with van der Waals surface area (Å²) >= 11 is 0. The molecular weight excluding hydrogens is 344 g/mol. The van der Waals surface area contributed by atoms with E-state index < -0.39 is 0 Å². The Hall–Kier alpha value is -1.66. The van der Waals surface area contributed by atoms with Crippen LogP contribution in [0.25, 0.3) is 0 Å². The zero-order chi connectivity index (χ0) is 17.1. The number of likely N-dealkylation sites (tertiary alicyclic amines) is 1. The topological polar surface area (TPSA) is 60.0 Å². The smallest absolute Gasteiger partial charge is 0.222 e. The summed E-state index contributed by atoms with van der Waals surface area (Å²) in [5, 5.41) is 3.40. The molecule has 1 aromatic carbocycles. The zero-order valence-corrected chi connectivity index (χ0v) is 15.9. The Morgan fingerprint density at radius 3 is 2.28 bits per heavy atom. The molecule has 2 fully saturated rings. The third kappa shape index (κ3) is 3.96. The molecule has 2 atom stereocenters. The summed E-state index contributed by atoms with van der Waals surface area (Å²) < 4.78 is 16.2. The Labute approximate surface area is 155 Å². The average molecular weight is 371 g/mol. The lowest BCUT2D eigenvalue weighted by Crippen LogP contribution is -2.32. The number of nitrogens with one attached hydrogen (secondary N) is 1. The first-order chi connectivity index (χ1) is 11.7. The lowest BCUT2D eigenvalue weighted by atomic mass is 10.0. The Morgan fingerprint density at radius 2 is 1.72 bits per heavy atom. The van der Waals surface area contributed by atoms with Crippen LogP contribution in [0.5, 0.6) is 17.2 Å². The van der Waals surface area contributed by atoms with Crippen LogP contribution < -0.4 is 19.5 Å². The summed E-state index contributed by atoms with van der Waals surface area (Å²) in [4.78, 5) is 14.6. The first-order valence-electron chi connectivity index (χ1n) is 8.44. The van der Waals surface area contributed by atoms with Crippen LogP contribution in [0.15, 0.2) is 12.1 Å². The molecule has 0 saturated carbocycles. The molecule has 25 heavy (non-hydrogen) atoms. The number of nitrogens with zero attached hydrogens (tertiary/aromatic N) is 1. The quantitative estimate of drug-likeness (QED) is 0.826. The number of carbonyl (C=O) groups is 1. The molecule has 2 saturated heterocycles. The first-order valence-corrected chi connectivity index (χ1v) is 8.44. The highest BCUT2D eigenvalue weighted by atomic mass is 35.5. The first kappa shape index (κ1) is 19.7. The fourth-order valence-corrected chi connectivity index (χ4v) is 3.82. The molecule has 7 heteroatoms. The van der Waals surface area contributed by atoms with E-state index in [1.54, 1.807) is 21.3 Å². The number of methoxy groups -OCH3 is 3. The van der Waals surface area contributed by atoms with E-state index in [1.165, 1.54) is 0 Å². The van der Waals surface area contributed by atoms with Gasteiger partial charge in [-0.3, -0.25) is 4.79 Å². The van der Waals surface area contributed by atoms with Gasteiger partial charge in [0.15, 0.2) is 11.5 Å². The molecule has 0 radical (unpaired) electrons. The van der Waals surface area contributed by atoms with Gasteiger partial charge in [0, 0.05) is 32.6 Å². The van der Waals surface area contributed by atoms with Gasteiger partial charge < -0.3 is 24.4 Å². The van der Waals surface area contributed by atoms with Crippen molar-refractivity contribution in [2.45, 2.75) is 12.8 Å². The van der Waals surface area contributed by atoms with E-state index in [2.05, 4.69) is 5.32 Å². The number of aryl methyl sites for hydroxylation is 1. The number of carbonyl (C=O) groups excluding carboxylic acids is 1. The van der Waals surface area contributed by atoms with Crippen LogP contribution in [0, 0.1) is 11.8 Å². The standard InChI is InChI=1S/C18H26N2O4.ClH/c1-22-15-6-4-12(17(23-2)18(15)24-3)5-7-16(21)20-10-13-8-19-9-14(13)11-20;/h4,6,13-14,19H,5,7-11H2,1-3H3;1H/t13-,14+;. The highest BCUT2D eigenvalue weighted by Gasteiger charge is 2.37. The van der Waals surface area contributed by atoms with Crippen molar-refractivity contribution in [2.75, 3.05) is 47.5 Å². The Kier molecular flexibility index (Phi) is 6.79. The molecule has 1 amide bonds. The van der Waals surface area contributed by atoms with E-state index in [0.717, 1.165) is 31.7 Å². The summed E-state index contributed by atoms with van der Waals surface area (Å²) in [5.41, 5.74) is 0.963. The minimum Gasteiger partial charge on any atom is -0.493 e. The van der Waals surface area contributed by atoms with Crippen molar-refractivity contribution in [3.8, 4) is 17.2 Å². The van der Waals surface area contributed by atoms with Crippen LogP contribution in [0.2, 0.25) is 0 Å². The fraction of sp³-hybridized carbons (Fsp3) is 0.611. The maximum Gasteiger partial charge on any atom is 0.222 e. The second-order valence-corrected chi connectivity index (χ2v) is 6.47. The van der Waals surface area contributed by atoms with Crippen molar-refractivity contribution < 1.29 is 19.0 Å². The molecule has 1 aromatic rings. The van der Waals surface area contributed by atoms with Gasteiger partial charge >= 0.3 is 0 Å². The normalized spacial score (nSPS) is 21.5. The predicted molar refractivity (Wildman–Crippen MR) is 98.1 cm³/mol. The van der Waals surface area contributed by atoms with Crippen LogP contribution in [0.4, 0.5) is 0 Å². The van der Waals surface area contributed by atoms with E-state index >= 15 is 0 Å². The van der Waals surface area contributed by atoms with Gasteiger partial charge in [-0.05, 0) is 29.9 Å². The largest absolute Gasteiger partial charge is 0.493 e. The van der Waals surface area contributed by atoms with Gasteiger partial charge in [-0.15, -0.1) is 12.4 Å². The molecule has 6 nitrogen and oxygen atoms in total. The lowest BCUT2D eigenvalue weighted by molar-refractivity contribution is -0.130. The van der Waals surface area contributed by atoms with Crippen LogP contribution in [-0.2, 0) is 11.2 Å². The van der Waals surface area contributed by atoms with Crippen molar-refractivity contribution in [2.24, 2.45) is 11.8 Å². The number of ether oxygens (including phenoxy) is 3. The van der Waals surface area contributed by atoms with E-state index in [9.17, 15) is 4.79 Å². The molecule has 2 aliphatic rings. The van der Waals surface area contributed by atoms with Crippen molar-refractivity contribution in [3.63, 3.8) is 0 Å². The highest BCUT2D eigenvalue weighted by Crippen LogP contribution is 2.40. The van der Waals surface area contributed by atoms with Crippen LogP contribution in [-0.4, -0.2) is 58.3 Å². The molecule has 2 heterocycles. The van der Waals surface area contributed by atoms with Crippen molar-refractivity contribution in [3.05, 3.63) is 17.7 Å². The minimum atomic E-state index is 0. The van der Waals surface area contributed by atoms with Crippen molar-refractivity contribution >= 4 is 18.3 Å². The molecule has 0 spiro atoms. The molecule has 3 rings (SSSR count). The van der Waals surface area contributed by atoms with Gasteiger partial charge in [0.05, 0.1) is 21.3 Å². The number of benzene rings is 1. The maximum atomic E-state index is 12.5. The van der Waals surface area contributed by atoms with E-state index in [-0.39, 0.29) is 18.3 Å². The number of amides is 1. The zero-order valence-electron chi connectivity index (χ0n) is 15.0. The molecular formula is C18H27ClN2O4. The monoisotopic (exact) mass is 370 g/mol. The predicted octanol–water partition coefficient (Wildman–Crippen LogP) is 1.74. The highest BCUT2D eigenvalue weighted by molar-refractivity contribution is 5.85.